The van der Waals surface area contributed by atoms with Crippen LogP contribution < -0.4 is 4.74 Å². The second-order valence-corrected chi connectivity index (χ2v) is 6.27. The number of aromatic nitrogens is 2. The summed E-state index contributed by atoms with van der Waals surface area (Å²) in [7, 11) is 5.25. The standard InChI is InChI=1S/C21H23N3O2/c1-15(16-10-6-5-7-11-16)24(3)21(25)18-14-23(2)22-20(18)17-12-8-9-13-19(17)26-4/h5-15H,1-4H3/t15-/m1/s1. The number of amides is 1. The summed E-state index contributed by atoms with van der Waals surface area (Å²) in [6.07, 6.45) is 1.76. The Morgan fingerprint density at radius 3 is 2.46 bits per heavy atom. The molecule has 0 aliphatic carbocycles. The topological polar surface area (TPSA) is 47.4 Å². The first-order chi connectivity index (χ1) is 12.5. The van der Waals surface area contributed by atoms with Gasteiger partial charge in [0.15, 0.2) is 0 Å². The highest BCUT2D eigenvalue weighted by molar-refractivity contribution is 6.00. The van der Waals surface area contributed by atoms with E-state index < -0.39 is 0 Å². The highest BCUT2D eigenvalue weighted by Crippen LogP contribution is 2.32. The van der Waals surface area contributed by atoms with Crippen molar-refractivity contribution < 1.29 is 9.53 Å². The first-order valence-corrected chi connectivity index (χ1v) is 8.52. The minimum Gasteiger partial charge on any atom is -0.496 e. The minimum absolute atomic E-state index is 0.0468. The summed E-state index contributed by atoms with van der Waals surface area (Å²) < 4.78 is 7.11. The predicted molar refractivity (Wildman–Crippen MR) is 102 cm³/mol. The lowest BCUT2D eigenvalue weighted by atomic mass is 10.0. The molecule has 0 spiro atoms. The summed E-state index contributed by atoms with van der Waals surface area (Å²) in [6.45, 7) is 2.02. The van der Waals surface area contributed by atoms with Gasteiger partial charge < -0.3 is 9.64 Å². The number of carbonyl (C=O) groups excluding carboxylic acids is 1. The maximum absolute atomic E-state index is 13.2. The molecule has 1 atom stereocenters. The predicted octanol–water partition coefficient (Wildman–Crippen LogP) is 3.93. The van der Waals surface area contributed by atoms with Crippen molar-refractivity contribution in [3.8, 4) is 17.0 Å². The molecule has 1 aromatic heterocycles. The van der Waals surface area contributed by atoms with Crippen LogP contribution in [-0.4, -0.2) is 34.7 Å². The first-order valence-electron chi connectivity index (χ1n) is 8.52. The van der Waals surface area contributed by atoms with Crippen LogP contribution in [0.4, 0.5) is 0 Å². The molecule has 0 unspecified atom stereocenters. The fourth-order valence-corrected chi connectivity index (χ4v) is 3.01. The summed E-state index contributed by atoms with van der Waals surface area (Å²) in [4.78, 5) is 14.9. The van der Waals surface area contributed by atoms with Gasteiger partial charge in [-0.05, 0) is 24.6 Å². The molecule has 0 bridgehead atoms. The third-order valence-electron chi connectivity index (χ3n) is 4.60. The summed E-state index contributed by atoms with van der Waals surface area (Å²) in [6, 6.07) is 17.5. The average molecular weight is 349 g/mol. The Kier molecular flexibility index (Phi) is 5.07. The quantitative estimate of drug-likeness (QED) is 0.701. The Hall–Kier alpha value is -3.08. The van der Waals surface area contributed by atoms with Crippen LogP contribution >= 0.6 is 0 Å². The van der Waals surface area contributed by atoms with E-state index in [0.29, 0.717) is 17.0 Å². The summed E-state index contributed by atoms with van der Waals surface area (Å²) in [5.74, 6) is 0.620. The molecule has 0 fully saturated rings. The van der Waals surface area contributed by atoms with E-state index in [0.717, 1.165) is 11.1 Å². The SMILES string of the molecule is COc1ccccc1-c1nn(C)cc1C(=O)N(C)[C@H](C)c1ccccc1. The lowest BCUT2D eigenvalue weighted by Crippen LogP contribution is -2.29. The van der Waals surface area contributed by atoms with E-state index in [2.05, 4.69) is 5.10 Å². The van der Waals surface area contributed by atoms with Crippen molar-refractivity contribution in [3.63, 3.8) is 0 Å². The third kappa shape index (κ3) is 3.33. The van der Waals surface area contributed by atoms with Gasteiger partial charge in [0.25, 0.3) is 5.91 Å². The zero-order valence-corrected chi connectivity index (χ0v) is 15.5. The average Bonchev–Trinajstić information content (AvgIpc) is 3.08. The molecular formula is C21H23N3O2. The van der Waals surface area contributed by atoms with E-state index in [1.807, 2.05) is 75.6 Å². The van der Waals surface area contributed by atoms with Crippen molar-refractivity contribution in [3.05, 3.63) is 71.9 Å². The summed E-state index contributed by atoms with van der Waals surface area (Å²) in [5, 5.41) is 4.51. The number of methoxy groups -OCH3 is 1. The van der Waals surface area contributed by atoms with Gasteiger partial charge in [-0.25, -0.2) is 0 Å². The zero-order valence-electron chi connectivity index (χ0n) is 15.5. The van der Waals surface area contributed by atoms with E-state index >= 15 is 0 Å². The number of nitrogens with zero attached hydrogens (tertiary/aromatic N) is 3. The second-order valence-electron chi connectivity index (χ2n) is 6.27. The number of hydrogen-bond acceptors (Lipinski definition) is 3. The molecule has 0 aliphatic heterocycles. The fourth-order valence-electron chi connectivity index (χ4n) is 3.01. The van der Waals surface area contributed by atoms with Gasteiger partial charge in [-0.2, -0.15) is 5.10 Å². The van der Waals surface area contributed by atoms with Gasteiger partial charge in [-0.15, -0.1) is 0 Å². The van der Waals surface area contributed by atoms with Crippen LogP contribution in [0, 0.1) is 0 Å². The van der Waals surface area contributed by atoms with Gasteiger partial charge in [0.05, 0.1) is 18.7 Å². The molecule has 0 N–H and O–H groups in total. The molecule has 5 heteroatoms. The highest BCUT2D eigenvalue weighted by Gasteiger charge is 2.25. The van der Waals surface area contributed by atoms with Crippen molar-refractivity contribution in [2.75, 3.05) is 14.2 Å². The van der Waals surface area contributed by atoms with Gasteiger partial charge >= 0.3 is 0 Å². The van der Waals surface area contributed by atoms with Gasteiger partial charge in [-0.1, -0.05) is 42.5 Å². The Morgan fingerprint density at radius 2 is 1.77 bits per heavy atom. The largest absolute Gasteiger partial charge is 0.496 e. The Morgan fingerprint density at radius 1 is 1.12 bits per heavy atom. The molecule has 2 aromatic carbocycles. The number of carbonyl (C=O) groups is 1. The number of benzene rings is 2. The Balaban J connectivity index is 1.98. The molecular weight excluding hydrogens is 326 g/mol. The number of hydrogen-bond donors (Lipinski definition) is 0. The number of rotatable bonds is 5. The Bertz CT molecular complexity index is 903. The molecule has 1 heterocycles. The summed E-state index contributed by atoms with van der Waals surface area (Å²) >= 11 is 0. The van der Waals surface area contributed by atoms with Crippen LogP contribution in [0.2, 0.25) is 0 Å². The fraction of sp³-hybridized carbons (Fsp3) is 0.238. The van der Waals surface area contributed by atoms with Crippen LogP contribution in [0.25, 0.3) is 11.3 Å². The molecule has 0 aliphatic rings. The first kappa shape index (κ1) is 17.7. The molecule has 26 heavy (non-hydrogen) atoms. The lowest BCUT2D eigenvalue weighted by Gasteiger charge is -2.25. The van der Waals surface area contributed by atoms with Crippen molar-refractivity contribution >= 4 is 5.91 Å². The van der Waals surface area contributed by atoms with Gasteiger partial charge in [0.1, 0.15) is 11.4 Å². The van der Waals surface area contributed by atoms with Crippen molar-refractivity contribution in [2.24, 2.45) is 7.05 Å². The van der Waals surface area contributed by atoms with Crippen LogP contribution in [0.5, 0.6) is 5.75 Å². The van der Waals surface area contributed by atoms with E-state index in [-0.39, 0.29) is 11.9 Å². The molecule has 3 aromatic rings. The normalized spacial score (nSPS) is 11.8. The van der Waals surface area contributed by atoms with Gasteiger partial charge in [-0.3, -0.25) is 9.48 Å². The number of aryl methyl sites for hydroxylation is 1. The molecule has 3 rings (SSSR count). The monoisotopic (exact) mass is 349 g/mol. The van der Waals surface area contributed by atoms with E-state index in [1.165, 1.54) is 0 Å². The van der Waals surface area contributed by atoms with Gasteiger partial charge in [0, 0.05) is 25.9 Å². The summed E-state index contributed by atoms with van der Waals surface area (Å²) in [5.41, 5.74) is 3.08. The molecule has 0 saturated heterocycles. The third-order valence-corrected chi connectivity index (χ3v) is 4.60. The smallest absolute Gasteiger partial charge is 0.257 e. The zero-order chi connectivity index (χ0) is 18.7. The molecule has 0 saturated carbocycles. The lowest BCUT2D eigenvalue weighted by molar-refractivity contribution is 0.0743. The molecule has 1 amide bonds. The van der Waals surface area contributed by atoms with Crippen LogP contribution in [0.3, 0.4) is 0 Å². The molecule has 5 nitrogen and oxygen atoms in total. The number of para-hydroxylation sites is 1. The van der Waals surface area contributed by atoms with E-state index in [1.54, 1.807) is 22.9 Å². The van der Waals surface area contributed by atoms with Crippen LogP contribution in [0.15, 0.2) is 60.8 Å². The van der Waals surface area contributed by atoms with Crippen molar-refractivity contribution in [1.29, 1.82) is 0 Å². The van der Waals surface area contributed by atoms with E-state index in [9.17, 15) is 4.79 Å². The van der Waals surface area contributed by atoms with E-state index in [4.69, 9.17) is 4.74 Å². The van der Waals surface area contributed by atoms with Crippen LogP contribution in [0.1, 0.15) is 28.9 Å². The van der Waals surface area contributed by atoms with Crippen molar-refractivity contribution in [2.45, 2.75) is 13.0 Å². The molecule has 0 radical (unpaired) electrons. The second kappa shape index (κ2) is 7.44. The maximum atomic E-state index is 13.2. The highest BCUT2D eigenvalue weighted by atomic mass is 16.5. The minimum atomic E-state index is -0.0737. The number of ether oxygens (including phenoxy) is 1. The maximum Gasteiger partial charge on any atom is 0.257 e. The van der Waals surface area contributed by atoms with Crippen LogP contribution in [-0.2, 0) is 7.05 Å². The van der Waals surface area contributed by atoms with Gasteiger partial charge in [0.2, 0.25) is 0 Å². The Labute approximate surface area is 153 Å². The molecule has 134 valence electrons. The van der Waals surface area contributed by atoms with Crippen molar-refractivity contribution in [1.82, 2.24) is 14.7 Å².